The van der Waals surface area contributed by atoms with Gasteiger partial charge in [-0.3, -0.25) is 10.1 Å². The monoisotopic (exact) mass is 262 g/mol. The second-order valence-electron chi connectivity index (χ2n) is 5.08. The molecule has 0 aromatic heterocycles. The smallest absolute Gasteiger partial charge is 0.241 e. The Morgan fingerprint density at radius 2 is 2.21 bits per heavy atom. The molecule has 1 aliphatic heterocycles. The average molecular weight is 262 g/mol. The van der Waals surface area contributed by atoms with E-state index in [1.165, 1.54) is 5.56 Å². The highest BCUT2D eigenvalue weighted by Crippen LogP contribution is 2.25. The van der Waals surface area contributed by atoms with Crippen LogP contribution >= 0.6 is 0 Å². The number of ether oxygens (including phenoxy) is 1. The van der Waals surface area contributed by atoms with Crippen molar-refractivity contribution in [2.45, 2.75) is 32.5 Å². The number of benzene rings is 1. The summed E-state index contributed by atoms with van der Waals surface area (Å²) < 4.78 is 5.07. The van der Waals surface area contributed by atoms with E-state index in [1.54, 1.807) is 7.11 Å². The summed E-state index contributed by atoms with van der Waals surface area (Å²) in [7, 11) is 1.69. The van der Waals surface area contributed by atoms with Gasteiger partial charge in [0.05, 0.1) is 6.04 Å². The Kier molecular flexibility index (Phi) is 4.56. The first-order valence-corrected chi connectivity index (χ1v) is 6.75. The van der Waals surface area contributed by atoms with E-state index in [2.05, 4.69) is 30.4 Å². The number of methoxy groups -OCH3 is 1. The fourth-order valence-corrected chi connectivity index (χ4v) is 2.51. The van der Waals surface area contributed by atoms with Crippen LogP contribution in [0, 0.1) is 6.92 Å². The fourth-order valence-electron chi connectivity index (χ4n) is 2.51. The maximum absolute atomic E-state index is 12.2. The summed E-state index contributed by atoms with van der Waals surface area (Å²) in [6, 6.07) is 8.19. The maximum atomic E-state index is 12.2. The summed E-state index contributed by atoms with van der Waals surface area (Å²) in [6.07, 6.45) is 0.845. The Morgan fingerprint density at radius 1 is 1.42 bits per heavy atom. The van der Waals surface area contributed by atoms with E-state index in [4.69, 9.17) is 4.74 Å². The van der Waals surface area contributed by atoms with Gasteiger partial charge in [0, 0.05) is 20.3 Å². The number of hydrogen-bond donors (Lipinski definition) is 1. The molecule has 0 saturated carbocycles. The molecule has 1 heterocycles. The fraction of sp³-hybridized carbons (Fsp3) is 0.533. The summed E-state index contributed by atoms with van der Waals surface area (Å²) in [5.74, 6) is 0.169. The predicted molar refractivity (Wildman–Crippen MR) is 74.7 cm³/mol. The van der Waals surface area contributed by atoms with Gasteiger partial charge in [-0.1, -0.05) is 29.8 Å². The zero-order valence-corrected chi connectivity index (χ0v) is 11.8. The minimum absolute atomic E-state index is 0.0146. The van der Waals surface area contributed by atoms with E-state index < -0.39 is 0 Å². The number of carbonyl (C=O) groups is 1. The molecular formula is C15H22N2O2. The number of nitrogens with zero attached hydrogens (tertiary/aromatic N) is 1. The van der Waals surface area contributed by atoms with Crippen LogP contribution in [-0.4, -0.2) is 37.1 Å². The van der Waals surface area contributed by atoms with Crippen molar-refractivity contribution in [1.29, 1.82) is 0 Å². The van der Waals surface area contributed by atoms with Gasteiger partial charge >= 0.3 is 0 Å². The van der Waals surface area contributed by atoms with Gasteiger partial charge in [0.15, 0.2) is 0 Å². The first kappa shape index (κ1) is 14.0. The molecule has 1 aromatic rings. The number of rotatable bonds is 5. The van der Waals surface area contributed by atoms with Crippen LogP contribution in [0.15, 0.2) is 24.3 Å². The Hall–Kier alpha value is -1.39. The van der Waals surface area contributed by atoms with E-state index in [1.807, 2.05) is 17.9 Å². The molecule has 104 valence electrons. The number of nitrogens with one attached hydrogen (secondary N) is 1. The molecule has 1 aromatic carbocycles. The molecule has 2 unspecified atom stereocenters. The lowest BCUT2D eigenvalue weighted by molar-refractivity contribution is -0.130. The predicted octanol–water partition coefficient (Wildman–Crippen LogP) is 1.85. The van der Waals surface area contributed by atoms with Crippen LogP contribution in [-0.2, 0) is 9.53 Å². The molecule has 4 nitrogen and oxygen atoms in total. The summed E-state index contributed by atoms with van der Waals surface area (Å²) in [6.45, 7) is 5.39. The van der Waals surface area contributed by atoms with Crippen molar-refractivity contribution in [2.75, 3.05) is 20.3 Å². The average Bonchev–Trinajstić information content (AvgIpc) is 2.67. The van der Waals surface area contributed by atoms with Gasteiger partial charge in [0.25, 0.3) is 0 Å². The molecule has 0 radical (unpaired) electrons. The number of amides is 1. The lowest BCUT2D eigenvalue weighted by atomic mass is 10.1. The van der Waals surface area contributed by atoms with Crippen LogP contribution in [0.25, 0.3) is 0 Å². The van der Waals surface area contributed by atoms with Crippen LogP contribution in [0.4, 0.5) is 0 Å². The van der Waals surface area contributed by atoms with Crippen molar-refractivity contribution in [3.63, 3.8) is 0 Å². The van der Waals surface area contributed by atoms with Gasteiger partial charge in [0.2, 0.25) is 5.91 Å². The van der Waals surface area contributed by atoms with Gasteiger partial charge in [-0.15, -0.1) is 0 Å². The highest BCUT2D eigenvalue weighted by atomic mass is 16.5. The Labute approximate surface area is 114 Å². The summed E-state index contributed by atoms with van der Waals surface area (Å²) in [4.78, 5) is 14.1. The SMILES string of the molecule is COCCCN1C(=O)C(C)NC1c1cccc(C)c1. The second-order valence-corrected chi connectivity index (χ2v) is 5.08. The van der Waals surface area contributed by atoms with Gasteiger partial charge in [-0.05, 0) is 25.8 Å². The van der Waals surface area contributed by atoms with Crippen LogP contribution in [0.1, 0.15) is 30.6 Å². The van der Waals surface area contributed by atoms with Crippen LogP contribution in [0.3, 0.4) is 0 Å². The minimum Gasteiger partial charge on any atom is -0.385 e. The van der Waals surface area contributed by atoms with Gasteiger partial charge in [-0.2, -0.15) is 0 Å². The number of hydrogen-bond acceptors (Lipinski definition) is 3. The number of carbonyl (C=O) groups excluding carboxylic acids is 1. The molecule has 1 N–H and O–H groups in total. The van der Waals surface area contributed by atoms with Crippen LogP contribution in [0.2, 0.25) is 0 Å². The molecule has 1 aliphatic rings. The van der Waals surface area contributed by atoms with Crippen molar-refractivity contribution in [2.24, 2.45) is 0 Å². The minimum atomic E-state index is -0.118. The molecule has 2 atom stereocenters. The van der Waals surface area contributed by atoms with E-state index in [-0.39, 0.29) is 18.1 Å². The largest absolute Gasteiger partial charge is 0.385 e. The van der Waals surface area contributed by atoms with Crippen molar-refractivity contribution in [1.82, 2.24) is 10.2 Å². The zero-order chi connectivity index (χ0) is 13.8. The molecular weight excluding hydrogens is 240 g/mol. The third kappa shape index (κ3) is 3.14. The standard InChI is InChI=1S/C15H22N2O2/c1-11-6-4-7-13(10-11)14-16-12(2)15(18)17(14)8-5-9-19-3/h4,6-7,10,12,14,16H,5,8-9H2,1-3H3. The molecule has 1 saturated heterocycles. The molecule has 1 fully saturated rings. The molecule has 0 spiro atoms. The summed E-state index contributed by atoms with van der Waals surface area (Å²) in [5.41, 5.74) is 2.36. The first-order valence-electron chi connectivity index (χ1n) is 6.75. The topological polar surface area (TPSA) is 41.6 Å². The van der Waals surface area contributed by atoms with Crippen molar-refractivity contribution in [3.8, 4) is 0 Å². The molecule has 4 heteroatoms. The van der Waals surface area contributed by atoms with E-state index in [0.29, 0.717) is 6.61 Å². The Bertz CT molecular complexity index is 448. The highest BCUT2D eigenvalue weighted by molar-refractivity contribution is 5.84. The van der Waals surface area contributed by atoms with Gasteiger partial charge in [-0.25, -0.2) is 0 Å². The summed E-state index contributed by atoms with van der Waals surface area (Å²) in [5, 5.41) is 3.36. The first-order chi connectivity index (χ1) is 9.13. The van der Waals surface area contributed by atoms with E-state index in [9.17, 15) is 4.79 Å². The normalized spacial score (nSPS) is 23.1. The van der Waals surface area contributed by atoms with Gasteiger partial charge in [0.1, 0.15) is 6.17 Å². The highest BCUT2D eigenvalue weighted by Gasteiger charge is 2.36. The van der Waals surface area contributed by atoms with Crippen LogP contribution in [0.5, 0.6) is 0 Å². The van der Waals surface area contributed by atoms with Crippen molar-refractivity contribution >= 4 is 5.91 Å². The Balaban J connectivity index is 2.15. The molecule has 0 aliphatic carbocycles. The lowest BCUT2D eigenvalue weighted by Gasteiger charge is -2.24. The zero-order valence-electron chi connectivity index (χ0n) is 11.8. The molecule has 0 bridgehead atoms. The molecule has 19 heavy (non-hydrogen) atoms. The van der Waals surface area contributed by atoms with Crippen LogP contribution < -0.4 is 5.32 Å². The van der Waals surface area contributed by atoms with E-state index in [0.717, 1.165) is 18.5 Å². The molecule has 1 amide bonds. The Morgan fingerprint density at radius 3 is 2.89 bits per heavy atom. The van der Waals surface area contributed by atoms with Gasteiger partial charge < -0.3 is 9.64 Å². The third-order valence-electron chi connectivity index (χ3n) is 3.48. The maximum Gasteiger partial charge on any atom is 0.241 e. The number of aryl methyl sites for hydroxylation is 1. The third-order valence-corrected chi connectivity index (χ3v) is 3.48. The van der Waals surface area contributed by atoms with Crippen molar-refractivity contribution in [3.05, 3.63) is 35.4 Å². The molecule has 2 rings (SSSR count). The quantitative estimate of drug-likeness (QED) is 0.823. The van der Waals surface area contributed by atoms with E-state index >= 15 is 0 Å². The second kappa shape index (κ2) is 6.17. The summed E-state index contributed by atoms with van der Waals surface area (Å²) >= 11 is 0. The van der Waals surface area contributed by atoms with Crippen molar-refractivity contribution < 1.29 is 9.53 Å². The lowest BCUT2D eigenvalue weighted by Crippen LogP contribution is -2.32.